The average molecular weight is 240 g/mol. The first kappa shape index (κ1) is 12.7. The molecule has 4 nitrogen and oxygen atoms in total. The Hall–Kier alpha value is -1.39. The summed E-state index contributed by atoms with van der Waals surface area (Å²) in [4.78, 5) is 4.22. The Balaban J connectivity index is 0.00000128. The topological polar surface area (TPSA) is 64.9 Å². The number of halogens is 1. The Labute approximate surface area is 100 Å². The van der Waals surface area contributed by atoms with Gasteiger partial charge in [0.05, 0.1) is 6.04 Å². The Morgan fingerprint density at radius 3 is 2.69 bits per heavy atom. The molecule has 86 valence electrons. The average Bonchev–Trinajstić information content (AvgIpc) is 2.66. The lowest BCUT2D eigenvalue weighted by molar-refractivity contribution is 0.362. The van der Waals surface area contributed by atoms with Crippen LogP contribution in [0.2, 0.25) is 0 Å². The predicted molar refractivity (Wildman–Crippen MR) is 64.3 cm³/mol. The van der Waals surface area contributed by atoms with Crippen LogP contribution < -0.4 is 5.73 Å². The van der Waals surface area contributed by atoms with Crippen LogP contribution >= 0.6 is 12.4 Å². The van der Waals surface area contributed by atoms with E-state index >= 15 is 0 Å². The number of nitrogens with two attached hydrogens (primary N) is 1. The van der Waals surface area contributed by atoms with Gasteiger partial charge < -0.3 is 10.3 Å². The molecule has 2 rings (SSSR count). The van der Waals surface area contributed by atoms with Gasteiger partial charge in [0.25, 0.3) is 0 Å². The lowest BCUT2D eigenvalue weighted by Gasteiger charge is -1.96. The molecule has 1 aromatic heterocycles. The van der Waals surface area contributed by atoms with Crippen molar-refractivity contribution in [2.45, 2.75) is 19.9 Å². The van der Waals surface area contributed by atoms with Crippen LogP contribution in [0.1, 0.15) is 24.4 Å². The first-order valence-corrected chi connectivity index (χ1v) is 4.83. The van der Waals surface area contributed by atoms with Crippen molar-refractivity contribution in [3.8, 4) is 11.4 Å². The van der Waals surface area contributed by atoms with Gasteiger partial charge in [0, 0.05) is 5.56 Å². The molecule has 1 atom stereocenters. The molecule has 0 aliphatic carbocycles. The van der Waals surface area contributed by atoms with Crippen LogP contribution in [0.3, 0.4) is 0 Å². The molecule has 16 heavy (non-hydrogen) atoms. The number of hydrogen-bond acceptors (Lipinski definition) is 4. The summed E-state index contributed by atoms with van der Waals surface area (Å²) in [5.74, 6) is 1.05. The summed E-state index contributed by atoms with van der Waals surface area (Å²) >= 11 is 0. The number of aromatic nitrogens is 2. The third-order valence-electron chi connectivity index (χ3n) is 2.11. The van der Waals surface area contributed by atoms with Crippen LogP contribution in [0, 0.1) is 6.92 Å². The van der Waals surface area contributed by atoms with Crippen LogP contribution in [0.5, 0.6) is 0 Å². The molecule has 0 saturated heterocycles. The summed E-state index contributed by atoms with van der Waals surface area (Å²) in [6.45, 7) is 3.84. The van der Waals surface area contributed by atoms with E-state index in [1.807, 2.05) is 38.1 Å². The van der Waals surface area contributed by atoms with Crippen LogP contribution in [-0.2, 0) is 0 Å². The van der Waals surface area contributed by atoms with Gasteiger partial charge in [-0.15, -0.1) is 12.4 Å². The second kappa shape index (κ2) is 5.09. The second-order valence-corrected chi connectivity index (χ2v) is 3.61. The first-order valence-electron chi connectivity index (χ1n) is 4.83. The Morgan fingerprint density at radius 1 is 1.38 bits per heavy atom. The van der Waals surface area contributed by atoms with E-state index in [9.17, 15) is 0 Å². The van der Waals surface area contributed by atoms with Crippen molar-refractivity contribution in [2.24, 2.45) is 5.73 Å². The lowest BCUT2D eigenvalue weighted by atomic mass is 10.1. The molecule has 0 saturated carbocycles. The van der Waals surface area contributed by atoms with Crippen molar-refractivity contribution in [2.75, 3.05) is 0 Å². The molecule has 0 bridgehead atoms. The van der Waals surface area contributed by atoms with Crippen LogP contribution in [-0.4, -0.2) is 10.1 Å². The number of nitrogens with zero attached hydrogens (tertiary/aromatic N) is 2. The van der Waals surface area contributed by atoms with Gasteiger partial charge in [0.15, 0.2) is 0 Å². The fourth-order valence-corrected chi connectivity index (χ4v) is 1.32. The molecule has 5 heteroatoms. The monoisotopic (exact) mass is 239 g/mol. The number of hydrogen-bond donors (Lipinski definition) is 1. The molecule has 1 aromatic carbocycles. The largest absolute Gasteiger partial charge is 0.337 e. The summed E-state index contributed by atoms with van der Waals surface area (Å²) in [5, 5.41) is 3.88. The second-order valence-electron chi connectivity index (χ2n) is 3.61. The highest BCUT2D eigenvalue weighted by atomic mass is 35.5. The number of benzene rings is 1. The van der Waals surface area contributed by atoms with E-state index in [1.165, 1.54) is 5.56 Å². The minimum atomic E-state index is -0.226. The van der Waals surface area contributed by atoms with Crippen LogP contribution in [0.4, 0.5) is 0 Å². The maximum Gasteiger partial charge on any atom is 0.243 e. The molecule has 2 aromatic rings. The molecular formula is C11H14ClN3O. The van der Waals surface area contributed by atoms with Crippen molar-refractivity contribution in [3.63, 3.8) is 0 Å². The maximum absolute atomic E-state index is 5.64. The van der Waals surface area contributed by atoms with E-state index in [-0.39, 0.29) is 18.4 Å². The Kier molecular flexibility index (Phi) is 4.04. The molecule has 0 aliphatic heterocycles. The highest BCUT2D eigenvalue weighted by Crippen LogP contribution is 2.18. The van der Waals surface area contributed by atoms with E-state index in [4.69, 9.17) is 10.3 Å². The fourth-order valence-electron chi connectivity index (χ4n) is 1.32. The SMILES string of the molecule is Cc1cccc(-c2noc(C(C)N)n2)c1.Cl. The van der Waals surface area contributed by atoms with Crippen molar-refractivity contribution in [1.82, 2.24) is 10.1 Å². The first-order chi connectivity index (χ1) is 7.16. The zero-order valence-corrected chi connectivity index (χ0v) is 9.99. The van der Waals surface area contributed by atoms with Gasteiger partial charge in [-0.2, -0.15) is 4.98 Å². The van der Waals surface area contributed by atoms with Gasteiger partial charge >= 0.3 is 0 Å². The normalized spacial score (nSPS) is 11.9. The summed E-state index contributed by atoms with van der Waals surface area (Å²) in [7, 11) is 0. The van der Waals surface area contributed by atoms with E-state index in [0.29, 0.717) is 11.7 Å². The standard InChI is InChI=1S/C11H13N3O.ClH/c1-7-4-3-5-9(6-7)10-13-11(8(2)12)15-14-10;/h3-6,8H,12H2,1-2H3;1H. The zero-order valence-electron chi connectivity index (χ0n) is 9.18. The van der Waals surface area contributed by atoms with Crippen molar-refractivity contribution >= 4 is 12.4 Å². The molecule has 1 unspecified atom stereocenters. The van der Waals surface area contributed by atoms with Gasteiger partial charge in [0.2, 0.25) is 11.7 Å². The van der Waals surface area contributed by atoms with Gasteiger partial charge in [0.1, 0.15) is 0 Å². The van der Waals surface area contributed by atoms with Crippen LogP contribution in [0.25, 0.3) is 11.4 Å². The molecule has 0 aliphatic rings. The highest BCUT2D eigenvalue weighted by Gasteiger charge is 2.11. The lowest BCUT2D eigenvalue weighted by Crippen LogP contribution is -2.04. The molecule has 0 spiro atoms. The maximum atomic E-state index is 5.64. The minimum Gasteiger partial charge on any atom is -0.337 e. The summed E-state index contributed by atoms with van der Waals surface area (Å²) in [5.41, 5.74) is 7.75. The number of aryl methyl sites for hydroxylation is 1. The predicted octanol–water partition coefficient (Wildman–Crippen LogP) is 2.49. The molecule has 1 heterocycles. The molecular weight excluding hydrogens is 226 g/mol. The van der Waals surface area contributed by atoms with E-state index in [1.54, 1.807) is 0 Å². The fraction of sp³-hybridized carbons (Fsp3) is 0.273. The number of rotatable bonds is 2. The third-order valence-corrected chi connectivity index (χ3v) is 2.11. The smallest absolute Gasteiger partial charge is 0.243 e. The van der Waals surface area contributed by atoms with Crippen molar-refractivity contribution < 1.29 is 4.52 Å². The van der Waals surface area contributed by atoms with Gasteiger partial charge in [-0.05, 0) is 19.9 Å². The highest BCUT2D eigenvalue weighted by molar-refractivity contribution is 5.85. The molecule has 0 fully saturated rings. The molecule has 2 N–H and O–H groups in total. The van der Waals surface area contributed by atoms with Gasteiger partial charge in [-0.25, -0.2) is 0 Å². The summed E-state index contributed by atoms with van der Waals surface area (Å²) in [6.07, 6.45) is 0. The summed E-state index contributed by atoms with van der Waals surface area (Å²) < 4.78 is 5.03. The summed E-state index contributed by atoms with van der Waals surface area (Å²) in [6, 6.07) is 7.72. The van der Waals surface area contributed by atoms with Crippen molar-refractivity contribution in [3.05, 3.63) is 35.7 Å². The Morgan fingerprint density at radius 2 is 2.12 bits per heavy atom. The zero-order chi connectivity index (χ0) is 10.8. The third kappa shape index (κ3) is 2.59. The van der Waals surface area contributed by atoms with E-state index in [0.717, 1.165) is 5.56 Å². The van der Waals surface area contributed by atoms with E-state index < -0.39 is 0 Å². The van der Waals surface area contributed by atoms with Gasteiger partial charge in [-0.3, -0.25) is 0 Å². The minimum absolute atomic E-state index is 0. The quantitative estimate of drug-likeness (QED) is 0.875. The molecule has 0 radical (unpaired) electrons. The van der Waals surface area contributed by atoms with Crippen LogP contribution in [0.15, 0.2) is 28.8 Å². The molecule has 0 amide bonds. The Bertz CT molecular complexity index is 468. The van der Waals surface area contributed by atoms with Crippen molar-refractivity contribution in [1.29, 1.82) is 0 Å². The van der Waals surface area contributed by atoms with E-state index in [2.05, 4.69) is 10.1 Å². The van der Waals surface area contributed by atoms with Gasteiger partial charge in [-0.1, -0.05) is 28.9 Å².